The molecule has 4 nitrogen and oxygen atoms in total. The minimum absolute atomic E-state index is 0.0887. The predicted octanol–water partition coefficient (Wildman–Crippen LogP) is 1.96. The van der Waals surface area contributed by atoms with Crippen LogP contribution in [0.4, 0.5) is 0 Å². The second-order valence-corrected chi connectivity index (χ2v) is 5.09. The van der Waals surface area contributed by atoms with Crippen LogP contribution < -0.4 is 5.32 Å². The van der Waals surface area contributed by atoms with Gasteiger partial charge in [-0.15, -0.1) is 0 Å². The Labute approximate surface area is 106 Å². The summed E-state index contributed by atoms with van der Waals surface area (Å²) in [5.41, 5.74) is 2.11. The Balaban J connectivity index is 1.59. The third kappa shape index (κ3) is 2.54. The van der Waals surface area contributed by atoms with E-state index in [0.717, 1.165) is 49.1 Å². The second-order valence-electron chi connectivity index (χ2n) is 5.09. The third-order valence-electron chi connectivity index (χ3n) is 3.69. The number of nitrogens with zero attached hydrogens (tertiary/aromatic N) is 1. The van der Waals surface area contributed by atoms with E-state index in [0.29, 0.717) is 6.04 Å². The van der Waals surface area contributed by atoms with Crippen LogP contribution in [0.5, 0.6) is 0 Å². The summed E-state index contributed by atoms with van der Waals surface area (Å²) >= 11 is 0. The first-order valence-corrected chi connectivity index (χ1v) is 6.66. The number of nitrogens with one attached hydrogen (secondary N) is 2. The molecule has 3 N–H and O–H groups in total. The van der Waals surface area contributed by atoms with Crippen molar-refractivity contribution in [2.75, 3.05) is 0 Å². The number of hydrogen-bond donors (Lipinski definition) is 3. The van der Waals surface area contributed by atoms with Crippen molar-refractivity contribution in [1.82, 2.24) is 15.3 Å². The molecule has 1 aromatic heterocycles. The molecule has 96 valence electrons. The summed E-state index contributed by atoms with van der Waals surface area (Å²) in [6.45, 7) is 0.773. The molecule has 0 bridgehead atoms. The largest absolute Gasteiger partial charge is 0.393 e. The molecule has 0 aliphatic heterocycles. The summed E-state index contributed by atoms with van der Waals surface area (Å²) in [7, 11) is 0. The number of benzene rings is 1. The topological polar surface area (TPSA) is 60.9 Å². The molecule has 0 amide bonds. The third-order valence-corrected chi connectivity index (χ3v) is 3.69. The first-order chi connectivity index (χ1) is 8.81. The number of rotatable bonds is 3. The summed E-state index contributed by atoms with van der Waals surface area (Å²) in [6, 6.07) is 8.60. The fourth-order valence-electron chi connectivity index (χ4n) is 2.61. The van der Waals surface area contributed by atoms with Gasteiger partial charge in [0.1, 0.15) is 5.82 Å². The van der Waals surface area contributed by atoms with Crippen molar-refractivity contribution >= 4 is 11.0 Å². The van der Waals surface area contributed by atoms with Gasteiger partial charge in [0.05, 0.1) is 23.7 Å². The Morgan fingerprint density at radius 1 is 1.22 bits per heavy atom. The van der Waals surface area contributed by atoms with Crippen molar-refractivity contribution in [1.29, 1.82) is 0 Å². The van der Waals surface area contributed by atoms with Crippen LogP contribution in [-0.2, 0) is 6.54 Å². The number of aromatic amines is 1. The van der Waals surface area contributed by atoms with Crippen molar-refractivity contribution in [2.24, 2.45) is 0 Å². The molecule has 0 radical (unpaired) electrons. The van der Waals surface area contributed by atoms with Crippen LogP contribution in [0.25, 0.3) is 11.0 Å². The van der Waals surface area contributed by atoms with Gasteiger partial charge in [0.25, 0.3) is 0 Å². The van der Waals surface area contributed by atoms with Crippen molar-refractivity contribution in [3.63, 3.8) is 0 Å². The normalized spacial score (nSPS) is 24.5. The van der Waals surface area contributed by atoms with E-state index in [1.165, 1.54) is 0 Å². The lowest BCUT2D eigenvalue weighted by Crippen LogP contribution is -2.34. The fourth-order valence-corrected chi connectivity index (χ4v) is 2.61. The SMILES string of the molecule is OC1CCC(NCc2nc3ccccc3[nH]2)CC1. The molecule has 1 aliphatic carbocycles. The van der Waals surface area contributed by atoms with Crippen LogP contribution in [0.3, 0.4) is 0 Å². The van der Waals surface area contributed by atoms with Crippen LogP contribution >= 0.6 is 0 Å². The van der Waals surface area contributed by atoms with Crippen LogP contribution in [0.1, 0.15) is 31.5 Å². The Morgan fingerprint density at radius 3 is 2.78 bits per heavy atom. The molecule has 0 spiro atoms. The standard InChI is InChI=1S/C14H19N3O/c18-11-7-5-10(6-8-11)15-9-14-16-12-3-1-2-4-13(12)17-14/h1-4,10-11,15,18H,5-9H2,(H,16,17). The molecule has 1 aromatic carbocycles. The van der Waals surface area contributed by atoms with Gasteiger partial charge in [0, 0.05) is 6.04 Å². The van der Waals surface area contributed by atoms with Gasteiger partial charge < -0.3 is 15.4 Å². The van der Waals surface area contributed by atoms with Crippen LogP contribution in [-0.4, -0.2) is 27.2 Å². The quantitative estimate of drug-likeness (QED) is 0.774. The van der Waals surface area contributed by atoms with Gasteiger partial charge in [-0.1, -0.05) is 12.1 Å². The van der Waals surface area contributed by atoms with Gasteiger partial charge in [-0.3, -0.25) is 0 Å². The van der Waals surface area contributed by atoms with E-state index in [1.54, 1.807) is 0 Å². The summed E-state index contributed by atoms with van der Waals surface area (Å²) in [4.78, 5) is 7.87. The number of aromatic nitrogens is 2. The Bertz CT molecular complexity index is 481. The molecular formula is C14H19N3O. The maximum Gasteiger partial charge on any atom is 0.121 e. The maximum absolute atomic E-state index is 9.46. The highest BCUT2D eigenvalue weighted by molar-refractivity contribution is 5.74. The summed E-state index contributed by atoms with van der Waals surface area (Å²) < 4.78 is 0. The summed E-state index contributed by atoms with van der Waals surface area (Å²) in [5.74, 6) is 0.988. The molecule has 2 aromatic rings. The first-order valence-electron chi connectivity index (χ1n) is 6.66. The molecule has 1 saturated carbocycles. The van der Waals surface area contributed by atoms with Crippen LogP contribution in [0.15, 0.2) is 24.3 Å². The number of aliphatic hydroxyl groups excluding tert-OH is 1. The minimum atomic E-state index is -0.0887. The van der Waals surface area contributed by atoms with Gasteiger partial charge in [-0.25, -0.2) is 4.98 Å². The number of H-pyrrole nitrogens is 1. The van der Waals surface area contributed by atoms with E-state index in [2.05, 4.69) is 15.3 Å². The summed E-state index contributed by atoms with van der Waals surface area (Å²) in [5, 5.41) is 13.0. The molecular weight excluding hydrogens is 226 g/mol. The number of hydrogen-bond acceptors (Lipinski definition) is 3. The average molecular weight is 245 g/mol. The molecule has 4 heteroatoms. The average Bonchev–Trinajstić information content (AvgIpc) is 2.81. The lowest BCUT2D eigenvalue weighted by atomic mass is 9.93. The predicted molar refractivity (Wildman–Crippen MR) is 71.2 cm³/mol. The Morgan fingerprint density at radius 2 is 2.00 bits per heavy atom. The lowest BCUT2D eigenvalue weighted by molar-refractivity contribution is 0.116. The smallest absolute Gasteiger partial charge is 0.121 e. The van der Waals surface area contributed by atoms with Gasteiger partial charge in [0.15, 0.2) is 0 Å². The minimum Gasteiger partial charge on any atom is -0.393 e. The molecule has 1 aliphatic rings. The zero-order valence-corrected chi connectivity index (χ0v) is 10.4. The molecule has 18 heavy (non-hydrogen) atoms. The van der Waals surface area contributed by atoms with E-state index in [4.69, 9.17) is 0 Å². The van der Waals surface area contributed by atoms with E-state index in [1.807, 2.05) is 24.3 Å². The zero-order chi connectivity index (χ0) is 12.4. The number of imidazole rings is 1. The Hall–Kier alpha value is -1.39. The molecule has 1 heterocycles. The zero-order valence-electron chi connectivity index (χ0n) is 10.4. The second kappa shape index (κ2) is 5.08. The highest BCUT2D eigenvalue weighted by Crippen LogP contribution is 2.18. The van der Waals surface area contributed by atoms with Gasteiger partial charge in [-0.2, -0.15) is 0 Å². The van der Waals surface area contributed by atoms with E-state index >= 15 is 0 Å². The van der Waals surface area contributed by atoms with Crippen molar-refractivity contribution in [3.05, 3.63) is 30.1 Å². The fraction of sp³-hybridized carbons (Fsp3) is 0.500. The van der Waals surface area contributed by atoms with Crippen LogP contribution in [0, 0.1) is 0 Å². The van der Waals surface area contributed by atoms with Gasteiger partial charge in [0.2, 0.25) is 0 Å². The molecule has 3 rings (SSSR count). The van der Waals surface area contributed by atoms with E-state index < -0.39 is 0 Å². The van der Waals surface area contributed by atoms with E-state index in [-0.39, 0.29) is 6.10 Å². The molecule has 1 fully saturated rings. The number of aliphatic hydroxyl groups is 1. The van der Waals surface area contributed by atoms with E-state index in [9.17, 15) is 5.11 Å². The first kappa shape index (κ1) is 11.7. The van der Waals surface area contributed by atoms with Crippen LogP contribution in [0.2, 0.25) is 0 Å². The van der Waals surface area contributed by atoms with Gasteiger partial charge >= 0.3 is 0 Å². The van der Waals surface area contributed by atoms with Crippen molar-refractivity contribution < 1.29 is 5.11 Å². The number of fused-ring (bicyclic) bond motifs is 1. The lowest BCUT2D eigenvalue weighted by Gasteiger charge is -2.25. The Kier molecular flexibility index (Phi) is 3.30. The molecule has 0 unspecified atom stereocenters. The van der Waals surface area contributed by atoms with Crippen molar-refractivity contribution in [3.8, 4) is 0 Å². The molecule has 0 atom stereocenters. The maximum atomic E-state index is 9.46. The van der Waals surface area contributed by atoms with Gasteiger partial charge in [-0.05, 0) is 37.8 Å². The van der Waals surface area contributed by atoms with Crippen molar-refractivity contribution in [2.45, 2.75) is 44.4 Å². The summed E-state index contributed by atoms with van der Waals surface area (Å²) in [6.07, 6.45) is 3.85. The number of para-hydroxylation sites is 2. The monoisotopic (exact) mass is 245 g/mol. The highest BCUT2D eigenvalue weighted by atomic mass is 16.3. The molecule has 0 saturated heterocycles. The highest BCUT2D eigenvalue weighted by Gasteiger charge is 2.18.